The average Bonchev–Trinajstić information content (AvgIpc) is 3.41. The summed E-state index contributed by atoms with van der Waals surface area (Å²) in [4.78, 5) is 41.3. The summed E-state index contributed by atoms with van der Waals surface area (Å²) >= 11 is 0. The number of ether oxygens (including phenoxy) is 1. The van der Waals surface area contributed by atoms with Gasteiger partial charge in [0.25, 0.3) is 0 Å². The SMILES string of the molecule is COc1ccccc1CC(=O)N1C[C@@H]2[C@@]3(c4ccccc4)CC[C@H](c4ccccc43)[C@]2(C(=O)NCC(=O)O)C1. The maximum absolute atomic E-state index is 14.2. The van der Waals surface area contributed by atoms with Crippen LogP contribution in [0, 0.1) is 11.3 Å². The molecule has 1 heterocycles. The highest BCUT2D eigenvalue weighted by molar-refractivity contribution is 5.91. The van der Waals surface area contributed by atoms with Gasteiger partial charge in [-0.3, -0.25) is 14.4 Å². The highest BCUT2D eigenvalue weighted by Crippen LogP contribution is 2.68. The van der Waals surface area contributed by atoms with Crippen LogP contribution in [-0.2, 0) is 26.2 Å². The lowest BCUT2D eigenvalue weighted by atomic mass is 9.42. The van der Waals surface area contributed by atoms with Gasteiger partial charge in [0.1, 0.15) is 12.3 Å². The molecule has 7 heteroatoms. The molecule has 2 N–H and O–H groups in total. The van der Waals surface area contributed by atoms with E-state index in [4.69, 9.17) is 4.74 Å². The molecule has 3 aromatic rings. The number of fused-ring (bicyclic) bond motifs is 1. The summed E-state index contributed by atoms with van der Waals surface area (Å²) in [5, 5.41) is 12.1. The van der Waals surface area contributed by atoms with Crippen molar-refractivity contribution in [2.24, 2.45) is 11.3 Å². The van der Waals surface area contributed by atoms with Crippen molar-refractivity contribution in [2.45, 2.75) is 30.6 Å². The Hall–Kier alpha value is -4.13. The molecule has 4 atom stereocenters. The lowest BCUT2D eigenvalue weighted by Crippen LogP contribution is -2.62. The summed E-state index contributed by atoms with van der Waals surface area (Å²) in [6.45, 7) is 0.230. The second kappa shape index (κ2) is 9.56. The van der Waals surface area contributed by atoms with Gasteiger partial charge < -0.3 is 20.1 Å². The molecule has 4 aliphatic rings. The van der Waals surface area contributed by atoms with Crippen LogP contribution in [0.5, 0.6) is 5.75 Å². The number of rotatable bonds is 7. The predicted molar refractivity (Wildman–Crippen MR) is 145 cm³/mol. The number of hydrogen-bond donors (Lipinski definition) is 2. The topological polar surface area (TPSA) is 95.9 Å². The molecular formula is C32H32N2O5. The summed E-state index contributed by atoms with van der Waals surface area (Å²) in [5.41, 5.74) is 2.89. The lowest BCUT2D eigenvalue weighted by molar-refractivity contribution is -0.144. The molecule has 2 bridgehead atoms. The minimum atomic E-state index is -1.09. The molecule has 1 aliphatic heterocycles. The van der Waals surface area contributed by atoms with Gasteiger partial charge in [0.05, 0.1) is 18.9 Å². The number of carbonyl (C=O) groups is 3. The first kappa shape index (κ1) is 25.2. The predicted octanol–water partition coefficient (Wildman–Crippen LogP) is 3.76. The summed E-state index contributed by atoms with van der Waals surface area (Å²) < 4.78 is 5.49. The molecule has 200 valence electrons. The van der Waals surface area contributed by atoms with Crippen molar-refractivity contribution >= 4 is 17.8 Å². The number of hydrogen-bond acceptors (Lipinski definition) is 4. The van der Waals surface area contributed by atoms with E-state index < -0.39 is 23.3 Å². The third-order valence-corrected chi connectivity index (χ3v) is 9.34. The fraction of sp³-hybridized carbons (Fsp3) is 0.344. The average molecular weight is 525 g/mol. The number of carbonyl (C=O) groups excluding carboxylic acids is 2. The summed E-state index contributed by atoms with van der Waals surface area (Å²) in [6, 6.07) is 26.1. The Morgan fingerprint density at radius 1 is 1.00 bits per heavy atom. The Balaban J connectivity index is 1.47. The van der Waals surface area contributed by atoms with Crippen molar-refractivity contribution < 1.29 is 24.2 Å². The number of aliphatic carboxylic acids is 1. The molecule has 39 heavy (non-hydrogen) atoms. The van der Waals surface area contributed by atoms with E-state index in [-0.39, 0.29) is 36.6 Å². The van der Waals surface area contributed by atoms with E-state index >= 15 is 0 Å². The zero-order valence-corrected chi connectivity index (χ0v) is 21.9. The number of amides is 2. The van der Waals surface area contributed by atoms with E-state index in [1.54, 1.807) is 7.11 Å². The number of methoxy groups -OCH3 is 1. The largest absolute Gasteiger partial charge is 0.496 e. The van der Waals surface area contributed by atoms with Gasteiger partial charge in [-0.05, 0) is 35.6 Å². The van der Waals surface area contributed by atoms with Crippen molar-refractivity contribution in [1.29, 1.82) is 0 Å². The normalized spacial score (nSPS) is 26.4. The molecule has 1 saturated heterocycles. The number of carboxylic acids is 1. The highest BCUT2D eigenvalue weighted by atomic mass is 16.5. The zero-order chi connectivity index (χ0) is 27.2. The van der Waals surface area contributed by atoms with Crippen LogP contribution in [0.15, 0.2) is 78.9 Å². The van der Waals surface area contributed by atoms with Gasteiger partial charge in [0, 0.05) is 35.9 Å². The molecule has 7 nitrogen and oxygen atoms in total. The molecule has 1 saturated carbocycles. The van der Waals surface area contributed by atoms with Crippen LogP contribution in [0.1, 0.15) is 41.0 Å². The number of nitrogens with one attached hydrogen (secondary N) is 1. The Morgan fingerprint density at radius 2 is 1.72 bits per heavy atom. The first-order valence-corrected chi connectivity index (χ1v) is 13.5. The fourth-order valence-electron chi connectivity index (χ4n) is 7.85. The van der Waals surface area contributed by atoms with E-state index in [1.165, 1.54) is 5.56 Å². The molecule has 3 aromatic carbocycles. The molecule has 3 aliphatic carbocycles. The van der Waals surface area contributed by atoms with Crippen LogP contribution in [-0.4, -0.2) is 54.5 Å². The monoisotopic (exact) mass is 524 g/mol. The maximum atomic E-state index is 14.2. The van der Waals surface area contributed by atoms with Crippen LogP contribution >= 0.6 is 0 Å². The van der Waals surface area contributed by atoms with Gasteiger partial charge in [0.15, 0.2) is 0 Å². The molecule has 2 fully saturated rings. The fourth-order valence-corrected chi connectivity index (χ4v) is 7.85. The van der Waals surface area contributed by atoms with Crippen molar-refractivity contribution in [3.63, 3.8) is 0 Å². The van der Waals surface area contributed by atoms with Crippen LogP contribution < -0.4 is 10.1 Å². The quantitative estimate of drug-likeness (QED) is 0.491. The second-order valence-electron chi connectivity index (χ2n) is 10.9. The van der Waals surface area contributed by atoms with Gasteiger partial charge in [-0.15, -0.1) is 0 Å². The number of likely N-dealkylation sites (tertiary alicyclic amines) is 1. The first-order chi connectivity index (χ1) is 18.9. The number of carboxylic acid groups (broad SMARTS) is 1. The number of para-hydroxylation sites is 1. The first-order valence-electron chi connectivity index (χ1n) is 13.5. The van der Waals surface area contributed by atoms with Gasteiger partial charge in [-0.25, -0.2) is 0 Å². The van der Waals surface area contributed by atoms with Gasteiger partial charge >= 0.3 is 5.97 Å². The summed E-state index contributed by atoms with van der Waals surface area (Å²) in [7, 11) is 1.59. The Morgan fingerprint density at radius 3 is 2.49 bits per heavy atom. The second-order valence-corrected chi connectivity index (χ2v) is 10.9. The molecular weight excluding hydrogens is 492 g/mol. The van der Waals surface area contributed by atoms with Gasteiger partial charge in [0.2, 0.25) is 11.8 Å². The van der Waals surface area contributed by atoms with E-state index in [0.29, 0.717) is 12.3 Å². The van der Waals surface area contributed by atoms with Gasteiger partial charge in [-0.1, -0.05) is 72.8 Å². The van der Waals surface area contributed by atoms with E-state index in [0.717, 1.165) is 29.5 Å². The third-order valence-electron chi connectivity index (χ3n) is 9.34. The molecule has 0 unspecified atom stereocenters. The zero-order valence-electron chi connectivity index (χ0n) is 21.9. The smallest absolute Gasteiger partial charge is 0.322 e. The Bertz CT molecular complexity index is 1440. The molecule has 7 rings (SSSR count). The van der Waals surface area contributed by atoms with Crippen LogP contribution in [0.2, 0.25) is 0 Å². The lowest BCUT2D eigenvalue weighted by Gasteiger charge is -2.60. The highest BCUT2D eigenvalue weighted by Gasteiger charge is 2.70. The third kappa shape index (κ3) is 3.74. The molecule has 0 aromatic heterocycles. The number of nitrogens with zero attached hydrogens (tertiary/aromatic N) is 1. The Kier molecular flexibility index (Phi) is 6.17. The van der Waals surface area contributed by atoms with Crippen LogP contribution in [0.25, 0.3) is 0 Å². The molecule has 0 radical (unpaired) electrons. The minimum Gasteiger partial charge on any atom is -0.496 e. The Labute approximate surface area is 227 Å². The van der Waals surface area contributed by atoms with Crippen LogP contribution in [0.4, 0.5) is 0 Å². The summed E-state index contributed by atoms with van der Waals surface area (Å²) in [5.74, 6) is -1.08. The van der Waals surface area contributed by atoms with E-state index in [9.17, 15) is 19.5 Å². The van der Waals surface area contributed by atoms with Crippen molar-refractivity contribution in [1.82, 2.24) is 10.2 Å². The molecule has 0 spiro atoms. The standard InChI is InChI=1S/C32H32N2O5/c1-39-26-14-8-5-9-21(26)17-28(35)34-19-27-31(22-10-3-2-4-11-22)16-15-25(23-12-6-7-13-24(23)31)32(27,20-34)30(38)33-18-29(36)37/h2-14,25,27H,15-20H2,1H3,(H,33,38)(H,36,37)/t25-,27-,31-,32-/m1/s1. The minimum absolute atomic E-state index is 0.0639. The van der Waals surface area contributed by atoms with Crippen LogP contribution in [0.3, 0.4) is 0 Å². The van der Waals surface area contributed by atoms with Gasteiger partial charge in [-0.2, -0.15) is 0 Å². The van der Waals surface area contributed by atoms with E-state index in [2.05, 4.69) is 35.6 Å². The molecule has 2 amide bonds. The van der Waals surface area contributed by atoms with E-state index in [1.807, 2.05) is 53.4 Å². The summed E-state index contributed by atoms with van der Waals surface area (Å²) in [6.07, 6.45) is 1.82. The van der Waals surface area contributed by atoms with Crippen molar-refractivity contribution in [3.05, 3.63) is 101 Å². The van der Waals surface area contributed by atoms with Crippen molar-refractivity contribution in [2.75, 3.05) is 26.7 Å². The number of benzene rings is 3. The maximum Gasteiger partial charge on any atom is 0.322 e. The van der Waals surface area contributed by atoms with Crippen molar-refractivity contribution in [3.8, 4) is 5.75 Å².